The number of morpholine rings is 1. The number of rotatable bonds is 6. The van der Waals surface area contributed by atoms with Crippen LogP contribution in [-0.4, -0.2) is 40.1 Å². The quantitative estimate of drug-likeness (QED) is 0.816. The molecule has 1 aromatic heterocycles. The smallest absolute Gasteiger partial charge is 0.253 e. The Labute approximate surface area is 157 Å². The Hall–Kier alpha value is -1.74. The highest BCUT2D eigenvalue weighted by Gasteiger charge is 2.28. The van der Waals surface area contributed by atoms with Crippen LogP contribution in [0.2, 0.25) is 0 Å². The number of carbonyl (C=O) groups is 1. The zero-order chi connectivity index (χ0) is 18.7. The van der Waals surface area contributed by atoms with Crippen LogP contribution in [-0.2, 0) is 26.0 Å². The fourth-order valence-corrected chi connectivity index (χ4v) is 5.13. The van der Waals surface area contributed by atoms with E-state index < -0.39 is 16.1 Å². The molecule has 26 heavy (non-hydrogen) atoms. The average Bonchev–Trinajstić information content (AvgIpc) is 3.09. The van der Waals surface area contributed by atoms with Crippen molar-refractivity contribution in [3.63, 3.8) is 0 Å². The third-order valence-electron chi connectivity index (χ3n) is 4.27. The minimum Gasteiger partial charge on any atom is -0.365 e. The molecule has 1 aliphatic rings. The zero-order valence-corrected chi connectivity index (χ0v) is 16.4. The molecule has 1 aliphatic heterocycles. The van der Waals surface area contributed by atoms with Crippen molar-refractivity contribution >= 4 is 33.0 Å². The van der Waals surface area contributed by atoms with Crippen LogP contribution < -0.4 is 9.62 Å². The second-order valence-corrected chi connectivity index (χ2v) is 9.46. The van der Waals surface area contributed by atoms with Gasteiger partial charge in [-0.05, 0) is 43.2 Å². The number of aryl methyl sites for hydroxylation is 2. The summed E-state index contributed by atoms with van der Waals surface area (Å²) in [6.45, 7) is 4.32. The molecule has 1 amide bonds. The van der Waals surface area contributed by atoms with Gasteiger partial charge in [0.2, 0.25) is 10.0 Å². The summed E-state index contributed by atoms with van der Waals surface area (Å²) in [6.07, 6.45) is 0.540. The van der Waals surface area contributed by atoms with Crippen molar-refractivity contribution in [2.45, 2.75) is 30.6 Å². The van der Waals surface area contributed by atoms with Gasteiger partial charge in [-0.3, -0.25) is 4.79 Å². The Morgan fingerprint density at radius 3 is 2.58 bits per heavy atom. The van der Waals surface area contributed by atoms with Crippen molar-refractivity contribution in [3.8, 4) is 0 Å². The molecule has 0 bridgehead atoms. The molecular weight excluding hydrogens is 372 g/mol. The monoisotopic (exact) mass is 394 g/mol. The Bertz CT molecular complexity index is 875. The number of amides is 1. The van der Waals surface area contributed by atoms with Crippen LogP contribution in [0.15, 0.2) is 40.6 Å². The molecule has 1 fully saturated rings. The van der Waals surface area contributed by atoms with E-state index in [2.05, 4.69) is 11.6 Å². The van der Waals surface area contributed by atoms with Crippen molar-refractivity contribution in [2.24, 2.45) is 0 Å². The Morgan fingerprint density at radius 1 is 1.23 bits per heavy atom. The van der Waals surface area contributed by atoms with E-state index in [9.17, 15) is 13.2 Å². The van der Waals surface area contributed by atoms with Crippen molar-refractivity contribution in [1.82, 2.24) is 4.72 Å². The first-order chi connectivity index (χ1) is 12.4. The van der Waals surface area contributed by atoms with Gasteiger partial charge in [-0.2, -0.15) is 0 Å². The summed E-state index contributed by atoms with van der Waals surface area (Å²) in [5, 5.41) is 0. The summed E-state index contributed by atoms with van der Waals surface area (Å²) in [6, 6.07) is 11.2. The van der Waals surface area contributed by atoms with Crippen LogP contribution in [0.1, 0.15) is 17.4 Å². The lowest BCUT2D eigenvalue weighted by Gasteiger charge is -2.32. The zero-order valence-electron chi connectivity index (χ0n) is 14.8. The average molecular weight is 395 g/mol. The third-order valence-corrected chi connectivity index (χ3v) is 7.18. The Morgan fingerprint density at radius 2 is 1.96 bits per heavy atom. The molecule has 140 valence electrons. The number of benzene rings is 1. The molecule has 3 rings (SSSR count). The molecular formula is C18H22N2O4S2. The van der Waals surface area contributed by atoms with Crippen molar-refractivity contribution < 1.29 is 17.9 Å². The molecule has 0 radical (unpaired) electrons. The summed E-state index contributed by atoms with van der Waals surface area (Å²) in [7, 11) is -3.56. The van der Waals surface area contributed by atoms with Gasteiger partial charge in [0.25, 0.3) is 5.91 Å². The van der Waals surface area contributed by atoms with Crippen LogP contribution in [0.25, 0.3) is 0 Å². The van der Waals surface area contributed by atoms with E-state index in [0.29, 0.717) is 6.54 Å². The number of hydrogen-bond acceptors (Lipinski definition) is 5. The molecule has 1 saturated heterocycles. The van der Waals surface area contributed by atoms with E-state index in [1.165, 1.54) is 16.9 Å². The third kappa shape index (κ3) is 4.32. The highest BCUT2D eigenvalue weighted by molar-refractivity contribution is 7.91. The summed E-state index contributed by atoms with van der Waals surface area (Å²) in [4.78, 5) is 14.8. The van der Waals surface area contributed by atoms with Crippen molar-refractivity contribution in [3.05, 3.63) is 46.8 Å². The standard InChI is InChI=1S/C18H22N2O4S2/c1-3-14-5-7-15(8-6-14)20-11-16(24-12-17(20)21)10-19-26(22,23)18-9-4-13(2)25-18/h4-9,16,19H,3,10-12H2,1-2H3. The van der Waals surface area contributed by atoms with E-state index in [0.717, 1.165) is 17.0 Å². The summed E-state index contributed by atoms with van der Waals surface area (Å²) in [5.41, 5.74) is 2.00. The first-order valence-corrected chi connectivity index (χ1v) is 10.8. The molecule has 0 spiro atoms. The highest BCUT2D eigenvalue weighted by atomic mass is 32.2. The lowest BCUT2D eigenvalue weighted by Crippen LogP contribution is -2.50. The van der Waals surface area contributed by atoms with E-state index in [4.69, 9.17) is 4.74 Å². The fraction of sp³-hybridized carbons (Fsp3) is 0.389. The molecule has 2 heterocycles. The molecule has 0 saturated carbocycles. The van der Waals surface area contributed by atoms with E-state index >= 15 is 0 Å². The van der Waals surface area contributed by atoms with Gasteiger partial charge in [-0.1, -0.05) is 19.1 Å². The largest absolute Gasteiger partial charge is 0.365 e. The number of ether oxygens (including phenoxy) is 1. The number of thiophene rings is 1. The first kappa shape index (κ1) is 19.0. The SMILES string of the molecule is CCc1ccc(N2CC(CNS(=O)(=O)c3ccc(C)s3)OCC2=O)cc1. The van der Waals surface area contributed by atoms with Crippen LogP contribution in [0.4, 0.5) is 5.69 Å². The number of anilines is 1. The van der Waals surface area contributed by atoms with Gasteiger partial charge >= 0.3 is 0 Å². The number of nitrogens with zero attached hydrogens (tertiary/aromatic N) is 1. The topological polar surface area (TPSA) is 75.7 Å². The summed E-state index contributed by atoms with van der Waals surface area (Å²) in [5.74, 6) is -0.123. The first-order valence-electron chi connectivity index (χ1n) is 8.46. The van der Waals surface area contributed by atoms with Gasteiger partial charge in [0, 0.05) is 17.1 Å². The maximum atomic E-state index is 12.3. The van der Waals surface area contributed by atoms with Gasteiger partial charge in [0.15, 0.2) is 0 Å². The number of carbonyl (C=O) groups excluding carboxylic acids is 1. The predicted octanol–water partition coefficient (Wildman–Crippen LogP) is 2.33. The second kappa shape index (κ2) is 7.87. The molecule has 1 unspecified atom stereocenters. The summed E-state index contributed by atoms with van der Waals surface area (Å²) < 4.78 is 33.1. The molecule has 0 aliphatic carbocycles. The lowest BCUT2D eigenvalue weighted by atomic mass is 10.1. The fourth-order valence-electron chi connectivity index (χ4n) is 2.74. The maximum absolute atomic E-state index is 12.3. The van der Waals surface area contributed by atoms with Crippen molar-refractivity contribution in [2.75, 3.05) is 24.6 Å². The molecule has 2 aromatic rings. The van der Waals surface area contributed by atoms with Gasteiger partial charge < -0.3 is 9.64 Å². The van der Waals surface area contributed by atoms with Gasteiger partial charge in [0.1, 0.15) is 10.8 Å². The van der Waals surface area contributed by atoms with Crippen LogP contribution in [0.3, 0.4) is 0 Å². The molecule has 6 nitrogen and oxygen atoms in total. The van der Waals surface area contributed by atoms with Crippen LogP contribution in [0, 0.1) is 6.92 Å². The van der Waals surface area contributed by atoms with Crippen LogP contribution in [0.5, 0.6) is 0 Å². The highest BCUT2D eigenvalue weighted by Crippen LogP contribution is 2.22. The number of nitrogens with one attached hydrogen (secondary N) is 1. The van der Waals surface area contributed by atoms with Gasteiger partial charge in [0.05, 0.1) is 12.6 Å². The normalized spacial score (nSPS) is 18.3. The predicted molar refractivity (Wildman–Crippen MR) is 102 cm³/mol. The van der Waals surface area contributed by atoms with E-state index in [1.54, 1.807) is 17.0 Å². The van der Waals surface area contributed by atoms with Crippen LogP contribution >= 0.6 is 11.3 Å². The maximum Gasteiger partial charge on any atom is 0.253 e. The molecule has 1 atom stereocenters. The Kier molecular flexibility index (Phi) is 5.76. The Balaban J connectivity index is 1.65. The minimum atomic E-state index is -3.56. The minimum absolute atomic E-state index is 0.0555. The second-order valence-electron chi connectivity index (χ2n) is 6.17. The number of sulfonamides is 1. The summed E-state index contributed by atoms with van der Waals surface area (Å²) >= 11 is 1.23. The molecule has 8 heteroatoms. The number of hydrogen-bond donors (Lipinski definition) is 1. The van der Waals surface area contributed by atoms with Gasteiger partial charge in [-0.15, -0.1) is 11.3 Å². The van der Waals surface area contributed by atoms with Gasteiger partial charge in [-0.25, -0.2) is 13.1 Å². The molecule has 1 aromatic carbocycles. The van der Waals surface area contributed by atoms with E-state index in [1.807, 2.05) is 31.2 Å². The molecule has 1 N–H and O–H groups in total. The van der Waals surface area contributed by atoms with Crippen molar-refractivity contribution in [1.29, 1.82) is 0 Å². The lowest BCUT2D eigenvalue weighted by molar-refractivity contribution is -0.129. The van der Waals surface area contributed by atoms with E-state index in [-0.39, 0.29) is 23.3 Å².